The summed E-state index contributed by atoms with van der Waals surface area (Å²) in [5.74, 6) is -2.48. The van der Waals surface area contributed by atoms with Crippen LogP contribution in [0.15, 0.2) is 30.5 Å². The van der Waals surface area contributed by atoms with Gasteiger partial charge in [0.1, 0.15) is 11.6 Å². The fourth-order valence-electron chi connectivity index (χ4n) is 4.55. The third kappa shape index (κ3) is 3.60. The molecule has 0 amide bonds. The summed E-state index contributed by atoms with van der Waals surface area (Å²) in [5, 5.41) is 21.0. The van der Waals surface area contributed by atoms with Gasteiger partial charge in [0.2, 0.25) is 0 Å². The Morgan fingerprint density at radius 2 is 2.11 bits per heavy atom. The number of hydrogen-bond acceptors (Lipinski definition) is 8. The van der Waals surface area contributed by atoms with Crippen molar-refractivity contribution < 1.29 is 32.2 Å². The number of fused-ring (bicyclic) bond motifs is 3. The van der Waals surface area contributed by atoms with Crippen LogP contribution >= 0.6 is 0 Å². The standard InChI is InChI=1S/C23H19F4N5O3/c1-11-12(9-33)7-28-21(18(11)25)35-13-6-23(22(26)27)10-29-20-17(32(23)8-13)5-16(30-31-20)14-3-2-4-15(24)19(14)34/h2-5,7,9,13,22,34H,6,8,10H2,1H3,(H,29,31)/t13-,23+/m1/s1. The zero-order valence-corrected chi connectivity index (χ0v) is 18.3. The SMILES string of the molecule is Cc1c(C=O)cnc(O[C@H]2CN3c4cc(-c5cccc(F)c5O)nnc4NC[C@]3(C(F)F)C2)c1F. The summed E-state index contributed by atoms with van der Waals surface area (Å²) < 4.78 is 63.2. The van der Waals surface area contributed by atoms with E-state index in [1.165, 1.54) is 30.0 Å². The first-order valence-corrected chi connectivity index (χ1v) is 10.7. The van der Waals surface area contributed by atoms with E-state index in [1.807, 2.05) is 0 Å². The van der Waals surface area contributed by atoms with Gasteiger partial charge in [0.15, 0.2) is 29.5 Å². The number of alkyl halides is 2. The monoisotopic (exact) mass is 489 g/mol. The molecule has 0 radical (unpaired) electrons. The quantitative estimate of drug-likeness (QED) is 0.413. The van der Waals surface area contributed by atoms with Crippen molar-refractivity contribution in [2.75, 3.05) is 23.3 Å². The van der Waals surface area contributed by atoms with Gasteiger partial charge in [-0.15, -0.1) is 10.2 Å². The second kappa shape index (κ2) is 8.36. The molecule has 0 aliphatic carbocycles. The molecule has 0 unspecified atom stereocenters. The van der Waals surface area contributed by atoms with E-state index in [1.54, 1.807) is 0 Å². The first-order valence-electron chi connectivity index (χ1n) is 10.7. The number of ether oxygens (including phenoxy) is 1. The first-order chi connectivity index (χ1) is 16.7. The number of carbonyl (C=O) groups is 1. The van der Waals surface area contributed by atoms with Crippen LogP contribution < -0.4 is 15.0 Å². The zero-order chi connectivity index (χ0) is 24.9. The number of pyridine rings is 1. The molecular formula is C23H19F4N5O3. The summed E-state index contributed by atoms with van der Waals surface area (Å²) >= 11 is 0. The molecule has 0 bridgehead atoms. The second-order valence-electron chi connectivity index (χ2n) is 8.49. The number of nitrogens with one attached hydrogen (secondary N) is 1. The number of anilines is 2. The van der Waals surface area contributed by atoms with Crippen molar-refractivity contribution in [3.63, 3.8) is 0 Å². The van der Waals surface area contributed by atoms with Gasteiger partial charge in [0.05, 0.1) is 17.9 Å². The smallest absolute Gasteiger partial charge is 0.263 e. The fourth-order valence-corrected chi connectivity index (χ4v) is 4.55. The van der Waals surface area contributed by atoms with E-state index in [4.69, 9.17) is 4.74 Å². The van der Waals surface area contributed by atoms with E-state index >= 15 is 0 Å². The normalized spacial score (nSPS) is 20.9. The highest BCUT2D eigenvalue weighted by Crippen LogP contribution is 2.46. The molecule has 12 heteroatoms. The zero-order valence-electron chi connectivity index (χ0n) is 18.3. The predicted octanol–water partition coefficient (Wildman–Crippen LogP) is 3.73. The Bertz CT molecular complexity index is 1320. The van der Waals surface area contributed by atoms with Crippen molar-refractivity contribution in [3.8, 4) is 22.9 Å². The number of carbonyl (C=O) groups excluding carboxylic acids is 1. The summed E-state index contributed by atoms with van der Waals surface area (Å²) in [6.07, 6.45) is -2.20. The molecule has 2 aliphatic rings. The second-order valence-corrected chi connectivity index (χ2v) is 8.49. The number of nitrogens with zero attached hydrogens (tertiary/aromatic N) is 4. The lowest BCUT2D eigenvalue weighted by Crippen LogP contribution is -2.57. The first kappa shape index (κ1) is 22.8. The van der Waals surface area contributed by atoms with E-state index < -0.39 is 35.5 Å². The van der Waals surface area contributed by atoms with Gasteiger partial charge in [0, 0.05) is 35.9 Å². The summed E-state index contributed by atoms with van der Waals surface area (Å²) in [6.45, 7) is 1.18. The van der Waals surface area contributed by atoms with Crippen LogP contribution in [0.4, 0.5) is 29.1 Å². The number of rotatable bonds is 5. The molecule has 2 atom stereocenters. The summed E-state index contributed by atoms with van der Waals surface area (Å²) in [7, 11) is 0. The van der Waals surface area contributed by atoms with Crippen LogP contribution in [-0.4, -0.2) is 57.7 Å². The van der Waals surface area contributed by atoms with Crippen molar-refractivity contribution in [1.82, 2.24) is 15.2 Å². The van der Waals surface area contributed by atoms with Crippen LogP contribution in [-0.2, 0) is 0 Å². The average Bonchev–Trinajstić information content (AvgIpc) is 3.24. The van der Waals surface area contributed by atoms with Gasteiger partial charge in [-0.25, -0.2) is 22.5 Å². The van der Waals surface area contributed by atoms with Gasteiger partial charge >= 0.3 is 0 Å². The summed E-state index contributed by atoms with van der Waals surface area (Å²) in [5.41, 5.74) is -1.19. The average molecular weight is 489 g/mol. The predicted molar refractivity (Wildman–Crippen MR) is 117 cm³/mol. The van der Waals surface area contributed by atoms with Gasteiger partial charge in [-0.05, 0) is 25.1 Å². The number of phenols is 1. The van der Waals surface area contributed by atoms with Crippen LogP contribution in [0.25, 0.3) is 11.3 Å². The molecule has 5 rings (SSSR count). The molecule has 35 heavy (non-hydrogen) atoms. The van der Waals surface area contributed by atoms with Gasteiger partial charge in [-0.3, -0.25) is 4.79 Å². The van der Waals surface area contributed by atoms with Crippen LogP contribution in [0.3, 0.4) is 0 Å². The van der Waals surface area contributed by atoms with E-state index in [-0.39, 0.29) is 59.3 Å². The molecule has 182 valence electrons. The Balaban J connectivity index is 1.51. The Morgan fingerprint density at radius 1 is 1.31 bits per heavy atom. The lowest BCUT2D eigenvalue weighted by molar-refractivity contribution is 0.0525. The molecule has 8 nitrogen and oxygen atoms in total. The molecule has 0 spiro atoms. The molecule has 2 aromatic heterocycles. The molecule has 2 aliphatic heterocycles. The van der Waals surface area contributed by atoms with Gasteiger partial charge < -0.3 is 20.1 Å². The van der Waals surface area contributed by atoms with E-state index in [0.717, 1.165) is 12.3 Å². The Hall–Kier alpha value is -3.96. The number of phenolic OH excluding ortho intramolecular Hbond substituents is 1. The highest BCUT2D eigenvalue weighted by Gasteiger charge is 2.56. The van der Waals surface area contributed by atoms with Crippen LogP contribution in [0.2, 0.25) is 0 Å². The highest BCUT2D eigenvalue weighted by molar-refractivity contribution is 5.78. The van der Waals surface area contributed by atoms with Crippen LogP contribution in [0.5, 0.6) is 11.6 Å². The Labute approximate surface area is 196 Å². The fraction of sp³-hybridized carbons (Fsp3) is 0.304. The largest absolute Gasteiger partial charge is 0.504 e. The molecule has 4 heterocycles. The lowest BCUT2D eigenvalue weighted by Gasteiger charge is -2.43. The van der Waals surface area contributed by atoms with Gasteiger partial charge in [-0.1, -0.05) is 6.07 Å². The number of halogens is 4. The molecular weight excluding hydrogens is 470 g/mol. The number of hydrogen-bond donors (Lipinski definition) is 2. The summed E-state index contributed by atoms with van der Waals surface area (Å²) in [6, 6.07) is 5.32. The molecule has 2 N–H and O–H groups in total. The Morgan fingerprint density at radius 3 is 2.86 bits per heavy atom. The Kier molecular flexibility index (Phi) is 5.45. The van der Waals surface area contributed by atoms with Gasteiger partial charge in [-0.2, -0.15) is 0 Å². The van der Waals surface area contributed by atoms with Crippen LogP contribution in [0.1, 0.15) is 22.3 Å². The van der Waals surface area contributed by atoms with Crippen molar-refractivity contribution >= 4 is 17.8 Å². The molecule has 1 aromatic carbocycles. The van der Waals surface area contributed by atoms with Crippen molar-refractivity contribution in [2.24, 2.45) is 0 Å². The topological polar surface area (TPSA) is 100 Å². The maximum Gasteiger partial charge on any atom is 0.263 e. The highest BCUT2D eigenvalue weighted by atomic mass is 19.3. The van der Waals surface area contributed by atoms with E-state index in [0.29, 0.717) is 6.29 Å². The minimum atomic E-state index is -2.81. The van der Waals surface area contributed by atoms with Crippen LogP contribution in [0, 0.1) is 18.6 Å². The van der Waals surface area contributed by atoms with Crippen molar-refractivity contribution in [2.45, 2.75) is 31.4 Å². The molecule has 1 fully saturated rings. The van der Waals surface area contributed by atoms with Gasteiger partial charge in [0.25, 0.3) is 12.3 Å². The number of aromatic hydroxyl groups is 1. The third-order valence-corrected chi connectivity index (χ3v) is 6.48. The lowest BCUT2D eigenvalue weighted by atomic mass is 9.93. The van der Waals surface area contributed by atoms with E-state index in [9.17, 15) is 27.5 Å². The number of benzene rings is 1. The summed E-state index contributed by atoms with van der Waals surface area (Å²) in [4.78, 5) is 16.3. The maximum absolute atomic E-state index is 14.7. The minimum absolute atomic E-state index is 0.0467. The molecule has 3 aromatic rings. The van der Waals surface area contributed by atoms with Crippen molar-refractivity contribution in [1.29, 1.82) is 0 Å². The van der Waals surface area contributed by atoms with Crippen molar-refractivity contribution in [3.05, 3.63) is 53.2 Å². The number of aldehydes is 1. The third-order valence-electron chi connectivity index (χ3n) is 6.48. The number of para-hydroxylation sites is 1. The molecule has 0 saturated carbocycles. The minimum Gasteiger partial charge on any atom is -0.504 e. The maximum atomic E-state index is 14.7. The van der Waals surface area contributed by atoms with E-state index in [2.05, 4.69) is 20.5 Å². The molecule has 1 saturated heterocycles. The number of aromatic nitrogens is 3.